The van der Waals surface area contributed by atoms with E-state index in [1.54, 1.807) is 27.4 Å². The molecule has 1 aromatic heterocycles. The molecule has 0 spiro atoms. The lowest BCUT2D eigenvalue weighted by atomic mass is 9.88. The molecule has 5 rings (SSSR count). The summed E-state index contributed by atoms with van der Waals surface area (Å²) in [7, 11) is 4.86. The maximum Gasteiger partial charge on any atom is 0.197 e. The fourth-order valence-electron chi connectivity index (χ4n) is 4.27. The van der Waals surface area contributed by atoms with E-state index in [2.05, 4.69) is 0 Å². The number of fused-ring (bicyclic) bond motifs is 4. The van der Waals surface area contributed by atoms with E-state index in [1.165, 1.54) is 0 Å². The minimum atomic E-state index is -0.341. The molecule has 4 aromatic rings. The number of benzene rings is 3. The van der Waals surface area contributed by atoms with Gasteiger partial charge in [0.15, 0.2) is 5.43 Å². The van der Waals surface area contributed by atoms with Crippen LogP contribution in [0.1, 0.15) is 22.6 Å². The third-order valence-electron chi connectivity index (χ3n) is 5.69. The van der Waals surface area contributed by atoms with Crippen LogP contribution in [-0.2, 0) is 0 Å². The van der Waals surface area contributed by atoms with Crippen LogP contribution in [0, 0.1) is 0 Å². The van der Waals surface area contributed by atoms with Crippen molar-refractivity contribution < 1.29 is 18.6 Å². The van der Waals surface area contributed by atoms with Gasteiger partial charge in [0.05, 0.1) is 32.3 Å². The Bertz CT molecular complexity index is 1340. The van der Waals surface area contributed by atoms with Crippen LogP contribution in [0.25, 0.3) is 22.3 Å². The SMILES string of the molecule is COc1ccc(C2c3cc(OC)ccc3-c3oc4ccccc4c(=O)c32)c(OC)c1. The van der Waals surface area contributed by atoms with Crippen molar-refractivity contribution in [2.75, 3.05) is 21.3 Å². The number of methoxy groups -OCH3 is 3. The Morgan fingerprint density at radius 2 is 1.53 bits per heavy atom. The quantitative estimate of drug-likeness (QED) is 0.426. The zero-order valence-corrected chi connectivity index (χ0v) is 16.9. The molecule has 1 unspecified atom stereocenters. The summed E-state index contributed by atoms with van der Waals surface area (Å²) in [4.78, 5) is 13.6. The maximum absolute atomic E-state index is 13.6. The van der Waals surface area contributed by atoms with Crippen molar-refractivity contribution in [1.29, 1.82) is 0 Å². The van der Waals surface area contributed by atoms with Crippen molar-refractivity contribution in [3.05, 3.63) is 87.6 Å². The van der Waals surface area contributed by atoms with E-state index in [0.717, 1.165) is 22.4 Å². The van der Waals surface area contributed by atoms with Crippen LogP contribution in [-0.4, -0.2) is 21.3 Å². The highest BCUT2D eigenvalue weighted by atomic mass is 16.5. The topological polar surface area (TPSA) is 57.9 Å². The van der Waals surface area contributed by atoms with Crippen LogP contribution in [0.5, 0.6) is 17.2 Å². The van der Waals surface area contributed by atoms with Gasteiger partial charge in [-0.15, -0.1) is 0 Å². The average Bonchev–Trinajstić information content (AvgIpc) is 3.12. The average molecular weight is 400 g/mol. The lowest BCUT2D eigenvalue weighted by molar-refractivity contribution is 0.390. The number of hydrogen-bond donors (Lipinski definition) is 0. The summed E-state index contributed by atoms with van der Waals surface area (Å²) in [6.45, 7) is 0. The first-order valence-corrected chi connectivity index (χ1v) is 9.62. The molecule has 0 fully saturated rings. The van der Waals surface area contributed by atoms with Gasteiger partial charge in [-0.2, -0.15) is 0 Å². The summed E-state index contributed by atoms with van der Waals surface area (Å²) >= 11 is 0. The Balaban J connectivity index is 1.87. The Morgan fingerprint density at radius 3 is 2.30 bits per heavy atom. The monoisotopic (exact) mass is 400 g/mol. The molecular formula is C25H20O5. The van der Waals surface area contributed by atoms with E-state index in [-0.39, 0.29) is 11.3 Å². The van der Waals surface area contributed by atoms with Crippen molar-refractivity contribution in [3.63, 3.8) is 0 Å². The number of para-hydroxylation sites is 1. The summed E-state index contributed by atoms with van der Waals surface area (Å²) in [5.74, 6) is 2.31. The standard InChI is InChI=1S/C25H20O5/c1-27-14-8-10-16-19(12-14)22(17-11-9-15(28-2)13-21(17)29-3)23-24(26)18-6-4-5-7-20(18)30-25(16)23/h4-13,22H,1-3H3. The molecule has 0 bridgehead atoms. The van der Waals surface area contributed by atoms with Crippen LogP contribution in [0.15, 0.2) is 69.9 Å². The van der Waals surface area contributed by atoms with Gasteiger partial charge in [-0.1, -0.05) is 18.2 Å². The molecule has 0 N–H and O–H groups in total. The third-order valence-corrected chi connectivity index (χ3v) is 5.69. The van der Waals surface area contributed by atoms with E-state index in [9.17, 15) is 4.79 Å². The van der Waals surface area contributed by atoms with E-state index in [1.807, 2.05) is 54.6 Å². The van der Waals surface area contributed by atoms with Gasteiger partial charge in [0.2, 0.25) is 0 Å². The van der Waals surface area contributed by atoms with Crippen molar-refractivity contribution in [2.24, 2.45) is 0 Å². The molecule has 5 nitrogen and oxygen atoms in total. The lowest BCUT2D eigenvalue weighted by Gasteiger charge is -2.18. The molecule has 0 aliphatic heterocycles. The van der Waals surface area contributed by atoms with Crippen LogP contribution in [0.4, 0.5) is 0 Å². The molecule has 1 atom stereocenters. The normalized spacial score (nSPS) is 14.3. The minimum absolute atomic E-state index is 0.0371. The Kier molecular flexibility index (Phi) is 4.24. The summed E-state index contributed by atoms with van der Waals surface area (Å²) in [5, 5.41) is 0.563. The second-order valence-corrected chi connectivity index (χ2v) is 7.16. The largest absolute Gasteiger partial charge is 0.497 e. The Hall–Kier alpha value is -3.73. The molecule has 30 heavy (non-hydrogen) atoms. The third kappa shape index (κ3) is 2.59. The number of rotatable bonds is 4. The second-order valence-electron chi connectivity index (χ2n) is 7.16. The zero-order chi connectivity index (χ0) is 20.8. The predicted octanol–water partition coefficient (Wildman–Crippen LogP) is 4.98. The highest BCUT2D eigenvalue weighted by Gasteiger charge is 2.37. The summed E-state index contributed by atoms with van der Waals surface area (Å²) < 4.78 is 22.7. The Labute approximate surface area is 173 Å². The van der Waals surface area contributed by atoms with Gasteiger partial charge in [0.1, 0.15) is 28.6 Å². The molecular weight excluding hydrogens is 380 g/mol. The smallest absolute Gasteiger partial charge is 0.197 e. The van der Waals surface area contributed by atoms with Gasteiger partial charge in [0.25, 0.3) is 0 Å². The highest BCUT2D eigenvalue weighted by molar-refractivity contribution is 5.86. The van der Waals surface area contributed by atoms with E-state index < -0.39 is 0 Å². The van der Waals surface area contributed by atoms with Crippen LogP contribution < -0.4 is 19.6 Å². The molecule has 0 saturated heterocycles. The zero-order valence-electron chi connectivity index (χ0n) is 16.9. The van der Waals surface area contributed by atoms with Crippen LogP contribution in [0.2, 0.25) is 0 Å². The van der Waals surface area contributed by atoms with Gasteiger partial charge in [0, 0.05) is 23.1 Å². The van der Waals surface area contributed by atoms with E-state index in [4.69, 9.17) is 18.6 Å². The van der Waals surface area contributed by atoms with Gasteiger partial charge in [-0.05, 0) is 42.0 Å². The Morgan fingerprint density at radius 1 is 0.800 bits per heavy atom. The van der Waals surface area contributed by atoms with Crippen LogP contribution in [0.3, 0.4) is 0 Å². The van der Waals surface area contributed by atoms with Gasteiger partial charge >= 0.3 is 0 Å². The van der Waals surface area contributed by atoms with Gasteiger partial charge in [-0.3, -0.25) is 4.79 Å². The first-order chi connectivity index (χ1) is 14.7. The molecule has 1 aliphatic carbocycles. The van der Waals surface area contributed by atoms with Crippen molar-refractivity contribution in [1.82, 2.24) is 0 Å². The van der Waals surface area contributed by atoms with Gasteiger partial charge < -0.3 is 18.6 Å². The molecule has 0 radical (unpaired) electrons. The highest BCUT2D eigenvalue weighted by Crippen LogP contribution is 2.50. The summed E-state index contributed by atoms with van der Waals surface area (Å²) in [6.07, 6.45) is 0. The lowest BCUT2D eigenvalue weighted by Crippen LogP contribution is -2.14. The molecule has 0 amide bonds. The molecule has 5 heteroatoms. The number of hydrogen-bond acceptors (Lipinski definition) is 5. The van der Waals surface area contributed by atoms with Crippen molar-refractivity contribution in [2.45, 2.75) is 5.92 Å². The van der Waals surface area contributed by atoms with Crippen molar-refractivity contribution in [3.8, 4) is 28.6 Å². The van der Waals surface area contributed by atoms with Crippen LogP contribution >= 0.6 is 0 Å². The van der Waals surface area contributed by atoms with Crippen molar-refractivity contribution >= 4 is 11.0 Å². The summed E-state index contributed by atoms with van der Waals surface area (Å²) in [5.41, 5.74) is 3.85. The summed E-state index contributed by atoms with van der Waals surface area (Å²) in [6, 6.07) is 18.8. The fraction of sp³-hybridized carbons (Fsp3) is 0.160. The first-order valence-electron chi connectivity index (χ1n) is 9.62. The fourth-order valence-corrected chi connectivity index (χ4v) is 4.27. The molecule has 0 saturated carbocycles. The molecule has 3 aromatic carbocycles. The molecule has 150 valence electrons. The minimum Gasteiger partial charge on any atom is -0.497 e. The predicted molar refractivity (Wildman–Crippen MR) is 115 cm³/mol. The van der Waals surface area contributed by atoms with E-state index >= 15 is 0 Å². The molecule has 1 aliphatic rings. The van der Waals surface area contributed by atoms with Gasteiger partial charge in [-0.25, -0.2) is 0 Å². The maximum atomic E-state index is 13.6. The second kappa shape index (κ2) is 6.95. The number of ether oxygens (including phenoxy) is 3. The molecule has 1 heterocycles. The van der Waals surface area contributed by atoms with E-state index in [0.29, 0.717) is 33.8 Å². The first kappa shape index (κ1) is 18.3.